The van der Waals surface area contributed by atoms with Gasteiger partial charge in [-0.05, 0) is 23.8 Å². The van der Waals surface area contributed by atoms with Crippen molar-refractivity contribution < 1.29 is 18.0 Å². The van der Waals surface area contributed by atoms with Gasteiger partial charge in [0.1, 0.15) is 6.07 Å². The van der Waals surface area contributed by atoms with Crippen LogP contribution in [-0.2, 0) is 17.4 Å². The molecule has 0 unspecified atom stereocenters. The Balaban J connectivity index is 2.19. The van der Waals surface area contributed by atoms with Crippen LogP contribution < -0.4 is 5.32 Å². The first-order chi connectivity index (χ1) is 10.4. The van der Waals surface area contributed by atoms with E-state index in [1.54, 1.807) is 12.1 Å². The number of anilines is 1. The van der Waals surface area contributed by atoms with Crippen molar-refractivity contribution in [3.63, 3.8) is 0 Å². The maximum atomic E-state index is 12.9. The SMILES string of the molecule is N#Cc1ccccc1NC(=O)Cc1ccccc1C(F)(F)F. The number of para-hydroxylation sites is 1. The molecule has 0 aromatic heterocycles. The van der Waals surface area contributed by atoms with Gasteiger partial charge in [0, 0.05) is 0 Å². The molecule has 0 fully saturated rings. The number of halogens is 3. The third kappa shape index (κ3) is 3.64. The lowest BCUT2D eigenvalue weighted by atomic mass is 10.0. The fourth-order valence-corrected chi connectivity index (χ4v) is 2.01. The molecular formula is C16H11F3N2O. The van der Waals surface area contributed by atoms with Gasteiger partial charge in [-0.2, -0.15) is 18.4 Å². The van der Waals surface area contributed by atoms with Crippen molar-refractivity contribution in [1.82, 2.24) is 0 Å². The summed E-state index contributed by atoms with van der Waals surface area (Å²) in [5.74, 6) is -0.612. The highest BCUT2D eigenvalue weighted by Crippen LogP contribution is 2.32. The van der Waals surface area contributed by atoms with Crippen LogP contribution >= 0.6 is 0 Å². The van der Waals surface area contributed by atoms with Crippen LogP contribution in [0.25, 0.3) is 0 Å². The Morgan fingerprint density at radius 3 is 2.41 bits per heavy atom. The summed E-state index contributed by atoms with van der Waals surface area (Å²) in [5.41, 5.74) is -0.417. The average Bonchev–Trinajstić information content (AvgIpc) is 2.47. The molecule has 0 aliphatic carbocycles. The lowest BCUT2D eigenvalue weighted by Gasteiger charge is -2.13. The topological polar surface area (TPSA) is 52.9 Å². The van der Waals surface area contributed by atoms with Crippen molar-refractivity contribution in [2.45, 2.75) is 12.6 Å². The Morgan fingerprint density at radius 1 is 1.09 bits per heavy atom. The average molecular weight is 304 g/mol. The summed E-state index contributed by atoms with van der Waals surface area (Å²) >= 11 is 0. The summed E-state index contributed by atoms with van der Waals surface area (Å²) in [6.45, 7) is 0. The van der Waals surface area contributed by atoms with E-state index in [0.717, 1.165) is 6.07 Å². The van der Waals surface area contributed by atoms with Gasteiger partial charge in [0.25, 0.3) is 0 Å². The van der Waals surface area contributed by atoms with Crippen LogP contribution in [0.15, 0.2) is 48.5 Å². The van der Waals surface area contributed by atoms with E-state index in [0.29, 0.717) is 0 Å². The summed E-state index contributed by atoms with van der Waals surface area (Å²) in [5, 5.41) is 11.4. The van der Waals surface area contributed by atoms with Gasteiger partial charge in [-0.25, -0.2) is 0 Å². The largest absolute Gasteiger partial charge is 0.416 e. The lowest BCUT2D eigenvalue weighted by Crippen LogP contribution is -2.18. The standard InChI is InChI=1S/C16H11F3N2O/c17-16(18,19)13-7-3-1-5-11(13)9-15(22)21-14-8-4-2-6-12(14)10-20/h1-8H,9H2,(H,21,22). The van der Waals surface area contributed by atoms with Gasteiger partial charge >= 0.3 is 6.18 Å². The first-order valence-corrected chi connectivity index (χ1v) is 6.36. The molecule has 0 spiro atoms. The van der Waals surface area contributed by atoms with E-state index < -0.39 is 24.1 Å². The highest BCUT2D eigenvalue weighted by Gasteiger charge is 2.33. The second-order valence-electron chi connectivity index (χ2n) is 4.54. The van der Waals surface area contributed by atoms with Crippen LogP contribution in [0.3, 0.4) is 0 Å². The Morgan fingerprint density at radius 2 is 1.73 bits per heavy atom. The number of carbonyl (C=O) groups excluding carboxylic acids is 1. The minimum Gasteiger partial charge on any atom is -0.325 e. The van der Waals surface area contributed by atoms with E-state index in [1.165, 1.54) is 30.3 Å². The molecule has 112 valence electrons. The zero-order chi connectivity index (χ0) is 16.2. The van der Waals surface area contributed by atoms with Crippen LogP contribution in [-0.4, -0.2) is 5.91 Å². The molecule has 2 aromatic carbocycles. The molecule has 0 saturated carbocycles. The van der Waals surface area contributed by atoms with Crippen molar-refractivity contribution in [1.29, 1.82) is 5.26 Å². The first kappa shape index (κ1) is 15.6. The summed E-state index contributed by atoms with van der Waals surface area (Å²) in [6.07, 6.45) is -4.93. The quantitative estimate of drug-likeness (QED) is 0.938. The van der Waals surface area contributed by atoms with E-state index in [4.69, 9.17) is 5.26 Å². The molecule has 0 aliphatic rings. The predicted molar refractivity (Wildman–Crippen MR) is 74.9 cm³/mol. The van der Waals surface area contributed by atoms with Crippen molar-refractivity contribution in [2.75, 3.05) is 5.32 Å². The van der Waals surface area contributed by atoms with E-state index in [-0.39, 0.29) is 16.8 Å². The Hall–Kier alpha value is -2.81. The number of alkyl halides is 3. The number of benzene rings is 2. The van der Waals surface area contributed by atoms with Crippen LogP contribution in [0.5, 0.6) is 0 Å². The molecule has 0 radical (unpaired) electrons. The number of amides is 1. The fraction of sp³-hybridized carbons (Fsp3) is 0.125. The third-order valence-corrected chi connectivity index (χ3v) is 3.00. The molecule has 0 heterocycles. The highest BCUT2D eigenvalue weighted by molar-refractivity contribution is 5.93. The Bertz CT molecular complexity index is 733. The van der Waals surface area contributed by atoms with Crippen molar-refractivity contribution in [2.24, 2.45) is 0 Å². The van der Waals surface area contributed by atoms with Gasteiger partial charge in [0.2, 0.25) is 5.91 Å². The van der Waals surface area contributed by atoms with Gasteiger partial charge in [-0.1, -0.05) is 30.3 Å². The zero-order valence-corrected chi connectivity index (χ0v) is 11.3. The fourth-order valence-electron chi connectivity index (χ4n) is 2.01. The molecule has 0 aliphatic heterocycles. The van der Waals surface area contributed by atoms with Crippen molar-refractivity contribution in [3.05, 3.63) is 65.2 Å². The minimum atomic E-state index is -4.51. The van der Waals surface area contributed by atoms with Gasteiger partial charge in [0.05, 0.1) is 23.2 Å². The van der Waals surface area contributed by atoms with Crippen LogP contribution in [0, 0.1) is 11.3 Å². The number of nitriles is 1. The molecule has 1 N–H and O–H groups in total. The van der Waals surface area contributed by atoms with Crippen LogP contribution in [0.2, 0.25) is 0 Å². The molecular weight excluding hydrogens is 293 g/mol. The highest BCUT2D eigenvalue weighted by atomic mass is 19.4. The van der Waals surface area contributed by atoms with E-state index in [2.05, 4.69) is 5.32 Å². The van der Waals surface area contributed by atoms with Gasteiger partial charge < -0.3 is 5.32 Å². The normalized spacial score (nSPS) is 10.8. The number of nitrogens with zero attached hydrogens (tertiary/aromatic N) is 1. The molecule has 6 heteroatoms. The smallest absolute Gasteiger partial charge is 0.325 e. The minimum absolute atomic E-state index is 0.109. The maximum absolute atomic E-state index is 12.9. The van der Waals surface area contributed by atoms with E-state index in [1.807, 2.05) is 6.07 Å². The molecule has 2 aromatic rings. The Kier molecular flexibility index (Phi) is 4.47. The zero-order valence-electron chi connectivity index (χ0n) is 11.3. The second-order valence-corrected chi connectivity index (χ2v) is 4.54. The second kappa shape index (κ2) is 6.31. The summed E-state index contributed by atoms with van der Waals surface area (Å²) in [4.78, 5) is 11.9. The molecule has 0 saturated heterocycles. The summed E-state index contributed by atoms with van der Waals surface area (Å²) in [6, 6.07) is 13.1. The monoisotopic (exact) mass is 304 g/mol. The third-order valence-electron chi connectivity index (χ3n) is 3.00. The van der Waals surface area contributed by atoms with Crippen molar-refractivity contribution >= 4 is 11.6 Å². The number of carbonyl (C=O) groups is 1. The van der Waals surface area contributed by atoms with Crippen LogP contribution in [0.1, 0.15) is 16.7 Å². The van der Waals surface area contributed by atoms with Crippen molar-refractivity contribution in [3.8, 4) is 6.07 Å². The van der Waals surface area contributed by atoms with Crippen LogP contribution in [0.4, 0.5) is 18.9 Å². The molecule has 0 bridgehead atoms. The maximum Gasteiger partial charge on any atom is 0.416 e. The molecule has 3 nitrogen and oxygen atoms in total. The molecule has 22 heavy (non-hydrogen) atoms. The molecule has 1 amide bonds. The van der Waals surface area contributed by atoms with Gasteiger partial charge in [-0.3, -0.25) is 4.79 Å². The number of hydrogen-bond donors (Lipinski definition) is 1. The van der Waals surface area contributed by atoms with E-state index >= 15 is 0 Å². The summed E-state index contributed by atoms with van der Waals surface area (Å²) in [7, 11) is 0. The number of nitrogens with one attached hydrogen (secondary N) is 1. The molecule has 0 atom stereocenters. The first-order valence-electron chi connectivity index (χ1n) is 6.36. The predicted octanol–water partition coefficient (Wildman–Crippen LogP) is 3.76. The lowest BCUT2D eigenvalue weighted by molar-refractivity contribution is -0.138. The number of rotatable bonds is 3. The summed E-state index contributed by atoms with van der Waals surface area (Å²) < 4.78 is 38.6. The van der Waals surface area contributed by atoms with E-state index in [9.17, 15) is 18.0 Å². The van der Waals surface area contributed by atoms with Gasteiger partial charge in [0.15, 0.2) is 0 Å². The molecule has 2 rings (SSSR count). The number of hydrogen-bond acceptors (Lipinski definition) is 2. The Labute approximate surface area is 125 Å². The van der Waals surface area contributed by atoms with Gasteiger partial charge in [-0.15, -0.1) is 0 Å².